The molecule has 0 aromatic heterocycles. The Hall–Kier alpha value is -0.290. The molecule has 1 unspecified atom stereocenters. The van der Waals surface area contributed by atoms with E-state index < -0.39 is 28.0 Å². The number of benzene rings is 1. The smallest absolute Gasteiger partial charge is 0.302 e. The first-order valence-corrected chi connectivity index (χ1v) is 15.3. The summed E-state index contributed by atoms with van der Waals surface area (Å²) in [5, 5.41) is 11.5. The molecule has 2 aliphatic rings. The van der Waals surface area contributed by atoms with Gasteiger partial charge < -0.3 is 5.11 Å². The first kappa shape index (κ1) is 27.3. The summed E-state index contributed by atoms with van der Waals surface area (Å²) < 4.78 is 42.3. The SMILES string of the molecule is CCCCCC(C)(O)C1(CCCC2(OS(=O)(=O)c3ccc(C)cc3)OC(C)O2)SCCCS1. The molecule has 1 aromatic rings. The van der Waals surface area contributed by atoms with Crippen molar-refractivity contribution >= 4 is 33.6 Å². The largest absolute Gasteiger partial charge is 0.388 e. The zero-order valence-corrected chi connectivity index (χ0v) is 22.6. The van der Waals surface area contributed by atoms with Crippen LogP contribution in [0.4, 0.5) is 0 Å². The Bertz CT molecular complexity index is 857. The quantitative estimate of drug-likeness (QED) is 0.274. The monoisotopic (exact) mass is 518 g/mol. The number of hydrogen-bond donors (Lipinski definition) is 1. The summed E-state index contributed by atoms with van der Waals surface area (Å²) in [4.78, 5) is 0.0768. The third-order valence-corrected chi connectivity index (χ3v) is 11.5. The van der Waals surface area contributed by atoms with Crippen LogP contribution in [0.25, 0.3) is 0 Å². The molecule has 0 bridgehead atoms. The van der Waals surface area contributed by atoms with Crippen LogP contribution in [0.15, 0.2) is 29.2 Å². The van der Waals surface area contributed by atoms with Crippen molar-refractivity contribution in [2.75, 3.05) is 11.5 Å². The first-order valence-electron chi connectivity index (χ1n) is 11.9. The van der Waals surface area contributed by atoms with Crippen molar-refractivity contribution in [3.63, 3.8) is 0 Å². The lowest BCUT2D eigenvalue weighted by atomic mass is 9.90. The fourth-order valence-electron chi connectivity index (χ4n) is 4.38. The topological polar surface area (TPSA) is 82.1 Å². The van der Waals surface area contributed by atoms with Crippen molar-refractivity contribution in [1.82, 2.24) is 0 Å². The fraction of sp³-hybridized carbons (Fsp3) is 0.750. The molecule has 0 radical (unpaired) electrons. The second kappa shape index (κ2) is 11.2. The van der Waals surface area contributed by atoms with Gasteiger partial charge in [-0.15, -0.1) is 23.5 Å². The van der Waals surface area contributed by atoms with Crippen LogP contribution in [0.5, 0.6) is 0 Å². The number of thioether (sulfide) groups is 2. The molecule has 33 heavy (non-hydrogen) atoms. The van der Waals surface area contributed by atoms with Crippen molar-refractivity contribution in [3.05, 3.63) is 29.8 Å². The van der Waals surface area contributed by atoms with Gasteiger partial charge in [0.15, 0.2) is 6.29 Å². The van der Waals surface area contributed by atoms with Crippen LogP contribution in [-0.4, -0.2) is 47.0 Å². The van der Waals surface area contributed by atoms with E-state index in [-0.39, 0.29) is 15.4 Å². The van der Waals surface area contributed by atoms with E-state index in [0.717, 1.165) is 55.6 Å². The van der Waals surface area contributed by atoms with Gasteiger partial charge in [-0.1, -0.05) is 43.9 Å². The average Bonchev–Trinajstić information content (AvgIpc) is 2.73. The molecule has 6 nitrogen and oxygen atoms in total. The van der Waals surface area contributed by atoms with E-state index in [0.29, 0.717) is 6.42 Å². The van der Waals surface area contributed by atoms with Crippen LogP contribution in [0.3, 0.4) is 0 Å². The molecule has 0 aliphatic carbocycles. The lowest BCUT2D eigenvalue weighted by Crippen LogP contribution is -2.55. The Morgan fingerprint density at radius 1 is 1.12 bits per heavy atom. The Morgan fingerprint density at radius 2 is 1.76 bits per heavy atom. The fourth-order valence-corrected chi connectivity index (χ4v) is 9.10. The van der Waals surface area contributed by atoms with Crippen LogP contribution >= 0.6 is 23.5 Å². The summed E-state index contributed by atoms with van der Waals surface area (Å²) in [6.07, 6.45) is 6.19. The minimum atomic E-state index is -4.04. The molecule has 1 atom stereocenters. The van der Waals surface area contributed by atoms with Gasteiger partial charge in [0.2, 0.25) is 0 Å². The highest BCUT2D eigenvalue weighted by molar-refractivity contribution is 8.18. The molecule has 2 heterocycles. The Balaban J connectivity index is 1.68. The first-order chi connectivity index (χ1) is 15.5. The van der Waals surface area contributed by atoms with E-state index in [9.17, 15) is 13.5 Å². The molecule has 0 amide bonds. The highest BCUT2D eigenvalue weighted by Crippen LogP contribution is 2.54. The highest BCUT2D eigenvalue weighted by atomic mass is 32.2. The molecule has 188 valence electrons. The van der Waals surface area contributed by atoms with Gasteiger partial charge in [-0.2, -0.15) is 8.42 Å². The minimum absolute atomic E-state index is 0.0768. The molecule has 1 N–H and O–H groups in total. The normalized spacial score (nSPS) is 27.0. The Morgan fingerprint density at radius 3 is 2.33 bits per heavy atom. The standard InChI is InChI=1S/C24H38O6S3/c1-5-6-7-14-22(4,25)23(31-17-9-18-32-23)15-8-16-24(28-20(3)29-24)30-33(26,27)21-12-10-19(2)11-13-21/h10-13,20,25H,5-9,14-18H2,1-4H3. The number of hydrogen-bond acceptors (Lipinski definition) is 8. The number of aliphatic hydroxyl groups is 1. The van der Waals surface area contributed by atoms with Gasteiger partial charge in [0.05, 0.1) is 14.6 Å². The van der Waals surface area contributed by atoms with Crippen molar-refractivity contribution in [2.24, 2.45) is 0 Å². The number of rotatable bonds is 12. The van der Waals surface area contributed by atoms with Gasteiger partial charge >= 0.3 is 16.1 Å². The van der Waals surface area contributed by atoms with Crippen molar-refractivity contribution in [3.8, 4) is 0 Å². The van der Waals surface area contributed by atoms with Crippen LogP contribution in [0.2, 0.25) is 0 Å². The summed E-state index contributed by atoms with van der Waals surface area (Å²) in [7, 11) is -4.04. The van der Waals surface area contributed by atoms with E-state index in [2.05, 4.69) is 6.92 Å². The predicted molar refractivity (Wildman–Crippen MR) is 135 cm³/mol. The van der Waals surface area contributed by atoms with E-state index in [1.807, 2.05) is 37.4 Å². The summed E-state index contributed by atoms with van der Waals surface area (Å²) in [6, 6.07) is 6.52. The molecule has 9 heteroatoms. The third-order valence-electron chi connectivity index (χ3n) is 6.27. The van der Waals surface area contributed by atoms with Crippen molar-refractivity contribution in [1.29, 1.82) is 0 Å². The number of aryl methyl sites for hydroxylation is 1. The summed E-state index contributed by atoms with van der Waals surface area (Å²) in [6.45, 7) is 7.73. The molecular weight excluding hydrogens is 480 g/mol. The zero-order valence-electron chi connectivity index (χ0n) is 20.2. The number of unbranched alkanes of at least 4 members (excludes halogenated alkanes) is 2. The summed E-state index contributed by atoms with van der Waals surface area (Å²) in [5.41, 5.74) is 0.154. The summed E-state index contributed by atoms with van der Waals surface area (Å²) >= 11 is 3.67. The summed E-state index contributed by atoms with van der Waals surface area (Å²) in [5.74, 6) is 0.428. The zero-order chi connectivity index (χ0) is 24.2. The van der Waals surface area contributed by atoms with E-state index >= 15 is 0 Å². The van der Waals surface area contributed by atoms with E-state index in [1.165, 1.54) is 12.1 Å². The molecule has 0 spiro atoms. The average molecular weight is 519 g/mol. The van der Waals surface area contributed by atoms with Gasteiger partial charge in [-0.05, 0) is 70.1 Å². The van der Waals surface area contributed by atoms with Crippen LogP contribution in [0, 0.1) is 6.92 Å². The predicted octanol–water partition coefficient (Wildman–Crippen LogP) is 5.81. The molecule has 2 fully saturated rings. The van der Waals surface area contributed by atoms with Crippen LogP contribution in [0.1, 0.15) is 77.7 Å². The molecule has 2 saturated heterocycles. The molecule has 2 aliphatic heterocycles. The van der Waals surface area contributed by atoms with Gasteiger partial charge in [-0.25, -0.2) is 4.18 Å². The highest BCUT2D eigenvalue weighted by Gasteiger charge is 2.52. The maximum atomic E-state index is 12.9. The van der Waals surface area contributed by atoms with E-state index in [4.69, 9.17) is 13.7 Å². The van der Waals surface area contributed by atoms with Gasteiger partial charge in [0.1, 0.15) is 0 Å². The Kier molecular flexibility index (Phi) is 9.25. The molecule has 3 rings (SSSR count). The maximum Gasteiger partial charge on any atom is 0.302 e. The second-order valence-corrected chi connectivity index (χ2v) is 13.8. The van der Waals surface area contributed by atoms with Gasteiger partial charge in [-0.3, -0.25) is 9.47 Å². The van der Waals surface area contributed by atoms with E-state index in [1.54, 1.807) is 19.1 Å². The lowest BCUT2D eigenvalue weighted by Gasteiger charge is -2.48. The minimum Gasteiger partial charge on any atom is -0.388 e. The van der Waals surface area contributed by atoms with Crippen molar-refractivity contribution < 1.29 is 27.2 Å². The Labute approximate surface area is 207 Å². The third kappa shape index (κ3) is 6.68. The molecular formula is C24H38O6S3. The van der Waals surface area contributed by atoms with Crippen LogP contribution < -0.4 is 0 Å². The van der Waals surface area contributed by atoms with Crippen LogP contribution in [-0.2, 0) is 23.8 Å². The molecule has 0 saturated carbocycles. The van der Waals surface area contributed by atoms with Gasteiger partial charge in [0.25, 0.3) is 0 Å². The van der Waals surface area contributed by atoms with Gasteiger partial charge in [0, 0.05) is 6.42 Å². The maximum absolute atomic E-state index is 12.9. The number of ether oxygens (including phenoxy) is 2. The second-order valence-electron chi connectivity index (χ2n) is 9.22. The lowest BCUT2D eigenvalue weighted by molar-refractivity contribution is -0.515. The molecule has 1 aromatic carbocycles. The van der Waals surface area contributed by atoms with Crippen molar-refractivity contribution in [2.45, 2.75) is 106 Å².